The Balaban J connectivity index is 1.32. The molecule has 11 heteroatoms. The van der Waals surface area contributed by atoms with E-state index in [1.807, 2.05) is 30.3 Å². The van der Waals surface area contributed by atoms with Crippen molar-refractivity contribution >= 4 is 22.8 Å². The van der Waals surface area contributed by atoms with Crippen molar-refractivity contribution in [1.29, 1.82) is 0 Å². The Morgan fingerprint density at radius 3 is 2.15 bits per heavy atom. The lowest BCUT2D eigenvalue weighted by atomic mass is 10.2. The molecule has 220 valence electrons. The molecule has 0 unspecified atom stereocenters. The number of aromatic nitrogens is 4. The molecule has 0 aliphatic carbocycles. The summed E-state index contributed by atoms with van der Waals surface area (Å²) in [6.07, 6.45) is 1.90. The van der Waals surface area contributed by atoms with Crippen LogP contribution in [0.25, 0.3) is 22.6 Å². The molecule has 0 radical (unpaired) electrons. The predicted octanol–water partition coefficient (Wildman–Crippen LogP) is 1.85. The second-order valence-electron chi connectivity index (χ2n) is 11.2. The average Bonchev–Trinajstić information content (AvgIpc) is 3.02. The smallest absolute Gasteiger partial charge is 0.186 e. The number of aryl methyl sites for hydroxylation is 1. The Morgan fingerprint density at radius 1 is 0.756 bits per heavy atom. The number of likely N-dealkylation sites (N-methyl/N-ethyl adjacent to an activating group) is 1. The summed E-state index contributed by atoms with van der Waals surface area (Å²) in [5, 5.41) is 3.61. The fourth-order valence-corrected chi connectivity index (χ4v) is 5.70. The van der Waals surface area contributed by atoms with E-state index in [2.05, 4.69) is 32.0 Å². The summed E-state index contributed by atoms with van der Waals surface area (Å²) in [7, 11) is 2.18. The molecule has 5 heterocycles. The molecular formula is C30H43N9O2. The van der Waals surface area contributed by atoms with Crippen molar-refractivity contribution in [3.8, 4) is 11.4 Å². The topological polar surface area (TPSA) is 95.0 Å². The van der Waals surface area contributed by atoms with Crippen LogP contribution in [0.5, 0.6) is 0 Å². The highest BCUT2D eigenvalue weighted by atomic mass is 16.5. The predicted molar refractivity (Wildman–Crippen MR) is 162 cm³/mol. The van der Waals surface area contributed by atoms with E-state index in [-0.39, 0.29) is 0 Å². The number of hydrogen-bond acceptors (Lipinski definition) is 11. The Labute approximate surface area is 242 Å². The fourth-order valence-electron chi connectivity index (χ4n) is 5.70. The summed E-state index contributed by atoms with van der Waals surface area (Å²) in [6, 6.07) is 10.2. The Bertz CT molecular complexity index is 1260. The number of anilines is 2. The number of piperazine rings is 1. The van der Waals surface area contributed by atoms with Gasteiger partial charge in [0.2, 0.25) is 0 Å². The lowest BCUT2D eigenvalue weighted by molar-refractivity contribution is 0.0374. The normalized spacial score (nSPS) is 19.6. The minimum absolute atomic E-state index is 0.651. The Kier molecular flexibility index (Phi) is 9.48. The minimum atomic E-state index is 0.651. The molecule has 0 spiro atoms. The number of fused-ring (bicyclic) bond motifs is 1. The lowest BCUT2D eigenvalue weighted by Gasteiger charge is -2.34. The average molecular weight is 562 g/mol. The molecule has 3 aliphatic rings. The van der Waals surface area contributed by atoms with Gasteiger partial charge in [0.05, 0.1) is 32.1 Å². The van der Waals surface area contributed by atoms with E-state index in [0.717, 1.165) is 140 Å². The largest absolute Gasteiger partial charge is 0.379 e. The molecule has 0 saturated carbocycles. The SMILES string of the molecule is CN1CCN(c2nc3nc(-c4ccccc4)nc(NCCN4CCOCC4)c3nc2CCCN2CCOCC2)CC1. The van der Waals surface area contributed by atoms with Crippen molar-refractivity contribution in [2.24, 2.45) is 0 Å². The van der Waals surface area contributed by atoms with Gasteiger partial charge < -0.3 is 24.6 Å². The van der Waals surface area contributed by atoms with Crippen molar-refractivity contribution in [2.75, 3.05) is 116 Å². The van der Waals surface area contributed by atoms with E-state index < -0.39 is 0 Å². The zero-order chi connectivity index (χ0) is 27.9. The van der Waals surface area contributed by atoms with Gasteiger partial charge in [-0.2, -0.15) is 0 Å². The maximum Gasteiger partial charge on any atom is 0.186 e. The monoisotopic (exact) mass is 561 g/mol. The van der Waals surface area contributed by atoms with Crippen LogP contribution >= 0.6 is 0 Å². The quantitative estimate of drug-likeness (QED) is 0.393. The molecule has 2 aromatic heterocycles. The second-order valence-corrected chi connectivity index (χ2v) is 11.2. The first-order valence-electron chi connectivity index (χ1n) is 15.1. The molecule has 0 bridgehead atoms. The van der Waals surface area contributed by atoms with Gasteiger partial charge in [-0.25, -0.2) is 19.9 Å². The first-order chi connectivity index (χ1) is 20.2. The Hall–Kier alpha value is -2.96. The van der Waals surface area contributed by atoms with Gasteiger partial charge in [0.1, 0.15) is 0 Å². The van der Waals surface area contributed by atoms with Crippen molar-refractivity contribution in [1.82, 2.24) is 34.6 Å². The highest BCUT2D eigenvalue weighted by Gasteiger charge is 2.23. The summed E-state index contributed by atoms with van der Waals surface area (Å²) >= 11 is 0. The molecule has 1 N–H and O–H groups in total. The standard InChI is InChI=1S/C30H43N9O2/c1-36-12-14-39(15-13-36)30-25(8-5-10-37-16-20-40-21-17-37)32-26-28(31-9-11-38-18-22-41-23-19-38)33-27(34-29(26)35-30)24-6-3-2-4-7-24/h2-4,6-7H,5,8-23H2,1H3,(H,31,33,34,35). The van der Waals surface area contributed by atoms with Gasteiger partial charge in [-0.05, 0) is 26.4 Å². The van der Waals surface area contributed by atoms with Gasteiger partial charge in [0.15, 0.2) is 28.6 Å². The van der Waals surface area contributed by atoms with E-state index in [1.54, 1.807) is 0 Å². The molecule has 3 aromatic rings. The van der Waals surface area contributed by atoms with E-state index in [9.17, 15) is 0 Å². The van der Waals surface area contributed by atoms with E-state index in [0.29, 0.717) is 11.5 Å². The zero-order valence-corrected chi connectivity index (χ0v) is 24.3. The van der Waals surface area contributed by atoms with Gasteiger partial charge in [0.25, 0.3) is 0 Å². The van der Waals surface area contributed by atoms with Crippen molar-refractivity contribution in [3.05, 3.63) is 36.0 Å². The van der Waals surface area contributed by atoms with Crippen LogP contribution in [0.2, 0.25) is 0 Å². The fraction of sp³-hybridized carbons (Fsp3) is 0.600. The molecule has 3 aliphatic heterocycles. The molecule has 0 atom stereocenters. The maximum absolute atomic E-state index is 5.54. The molecule has 3 saturated heterocycles. The van der Waals surface area contributed by atoms with Crippen LogP contribution in [-0.4, -0.2) is 140 Å². The molecule has 11 nitrogen and oxygen atoms in total. The number of ether oxygens (including phenoxy) is 2. The number of nitrogens with one attached hydrogen (secondary N) is 1. The van der Waals surface area contributed by atoms with Crippen LogP contribution < -0.4 is 10.2 Å². The maximum atomic E-state index is 5.54. The van der Waals surface area contributed by atoms with E-state index >= 15 is 0 Å². The number of hydrogen-bond donors (Lipinski definition) is 1. The summed E-state index contributed by atoms with van der Waals surface area (Å²) < 4.78 is 11.1. The Morgan fingerprint density at radius 2 is 1.44 bits per heavy atom. The van der Waals surface area contributed by atoms with E-state index in [4.69, 9.17) is 29.4 Å². The van der Waals surface area contributed by atoms with Crippen molar-refractivity contribution < 1.29 is 9.47 Å². The van der Waals surface area contributed by atoms with Crippen LogP contribution in [0, 0.1) is 0 Å². The van der Waals surface area contributed by atoms with Crippen LogP contribution in [0.15, 0.2) is 30.3 Å². The van der Waals surface area contributed by atoms with Gasteiger partial charge in [-0.15, -0.1) is 0 Å². The summed E-state index contributed by atoms with van der Waals surface area (Å²) in [5.41, 5.74) is 3.43. The highest BCUT2D eigenvalue weighted by Crippen LogP contribution is 2.28. The lowest BCUT2D eigenvalue weighted by Crippen LogP contribution is -2.45. The van der Waals surface area contributed by atoms with Crippen LogP contribution in [0.1, 0.15) is 12.1 Å². The van der Waals surface area contributed by atoms with Crippen molar-refractivity contribution in [2.45, 2.75) is 12.8 Å². The summed E-state index contributed by atoms with van der Waals surface area (Å²) in [6.45, 7) is 13.8. The molecule has 6 rings (SSSR count). The van der Waals surface area contributed by atoms with Crippen LogP contribution in [-0.2, 0) is 15.9 Å². The summed E-state index contributed by atoms with van der Waals surface area (Å²) in [5.74, 6) is 2.41. The van der Waals surface area contributed by atoms with Gasteiger partial charge >= 0.3 is 0 Å². The first kappa shape index (κ1) is 28.2. The minimum Gasteiger partial charge on any atom is -0.379 e. The zero-order valence-electron chi connectivity index (χ0n) is 24.3. The second kappa shape index (κ2) is 13.8. The molecular weight excluding hydrogens is 518 g/mol. The molecule has 41 heavy (non-hydrogen) atoms. The number of benzene rings is 1. The van der Waals surface area contributed by atoms with Gasteiger partial charge in [0, 0.05) is 71.0 Å². The molecule has 3 fully saturated rings. The summed E-state index contributed by atoms with van der Waals surface area (Å²) in [4.78, 5) is 30.1. The third kappa shape index (κ3) is 7.28. The van der Waals surface area contributed by atoms with Gasteiger partial charge in [-0.3, -0.25) is 9.80 Å². The van der Waals surface area contributed by atoms with Gasteiger partial charge in [-0.1, -0.05) is 30.3 Å². The first-order valence-corrected chi connectivity index (χ1v) is 15.1. The van der Waals surface area contributed by atoms with E-state index in [1.165, 1.54) is 0 Å². The third-order valence-corrected chi connectivity index (χ3v) is 8.23. The number of nitrogens with zero attached hydrogens (tertiary/aromatic N) is 8. The van der Waals surface area contributed by atoms with Crippen LogP contribution in [0.4, 0.5) is 11.6 Å². The van der Waals surface area contributed by atoms with Crippen molar-refractivity contribution in [3.63, 3.8) is 0 Å². The third-order valence-electron chi connectivity index (χ3n) is 8.23. The molecule has 1 aromatic carbocycles. The molecule has 0 amide bonds. The van der Waals surface area contributed by atoms with Crippen LogP contribution in [0.3, 0.4) is 0 Å². The number of morpholine rings is 2. The number of rotatable bonds is 10. The highest BCUT2D eigenvalue weighted by molar-refractivity contribution is 5.85.